The zero-order chi connectivity index (χ0) is 11.1. The maximum atomic E-state index is 5.44. The van der Waals surface area contributed by atoms with Gasteiger partial charge in [-0.3, -0.25) is 0 Å². The maximum Gasteiger partial charge on any atom is 0.0471 e. The number of nitrogens with one attached hydrogen (secondary N) is 1. The SMILES string of the molecule is CC1(CNCC2(C3CC3)CC2)CCOCC1. The van der Waals surface area contributed by atoms with Crippen LogP contribution in [-0.4, -0.2) is 26.3 Å². The predicted molar refractivity (Wildman–Crippen MR) is 65.4 cm³/mol. The van der Waals surface area contributed by atoms with Crippen molar-refractivity contribution in [1.29, 1.82) is 0 Å². The molecule has 92 valence electrons. The second-order valence-electron chi connectivity index (χ2n) is 6.66. The summed E-state index contributed by atoms with van der Waals surface area (Å²) in [6.45, 7) is 6.83. The fourth-order valence-corrected chi connectivity index (χ4v) is 3.24. The van der Waals surface area contributed by atoms with Crippen LogP contribution in [0.5, 0.6) is 0 Å². The van der Waals surface area contributed by atoms with Crippen molar-refractivity contribution in [3.05, 3.63) is 0 Å². The molecule has 0 atom stereocenters. The zero-order valence-electron chi connectivity index (χ0n) is 10.6. The van der Waals surface area contributed by atoms with Gasteiger partial charge in [0.25, 0.3) is 0 Å². The molecule has 3 rings (SSSR count). The lowest BCUT2D eigenvalue weighted by Gasteiger charge is -2.34. The van der Waals surface area contributed by atoms with Crippen molar-refractivity contribution in [2.75, 3.05) is 26.3 Å². The Kier molecular flexibility index (Phi) is 2.75. The molecule has 2 saturated carbocycles. The number of rotatable bonds is 5. The second kappa shape index (κ2) is 3.99. The summed E-state index contributed by atoms with van der Waals surface area (Å²) in [6.07, 6.45) is 8.46. The van der Waals surface area contributed by atoms with Crippen molar-refractivity contribution in [1.82, 2.24) is 5.32 Å². The molecule has 1 N–H and O–H groups in total. The summed E-state index contributed by atoms with van der Waals surface area (Å²) >= 11 is 0. The van der Waals surface area contributed by atoms with Crippen LogP contribution in [0.1, 0.15) is 45.4 Å². The van der Waals surface area contributed by atoms with E-state index in [1.165, 1.54) is 51.6 Å². The van der Waals surface area contributed by atoms with Crippen LogP contribution in [0.4, 0.5) is 0 Å². The normalized spacial score (nSPS) is 31.3. The van der Waals surface area contributed by atoms with Gasteiger partial charge in [0.15, 0.2) is 0 Å². The third kappa shape index (κ3) is 2.28. The summed E-state index contributed by atoms with van der Waals surface area (Å²) in [6, 6.07) is 0. The highest BCUT2D eigenvalue weighted by atomic mass is 16.5. The minimum Gasteiger partial charge on any atom is -0.381 e. The molecule has 0 unspecified atom stereocenters. The molecular formula is C14H25NO. The molecule has 16 heavy (non-hydrogen) atoms. The molecule has 3 aliphatic rings. The first-order chi connectivity index (χ1) is 7.73. The molecule has 0 aromatic carbocycles. The minimum atomic E-state index is 0.498. The summed E-state index contributed by atoms with van der Waals surface area (Å²) in [5, 5.41) is 3.76. The topological polar surface area (TPSA) is 21.3 Å². The number of ether oxygens (including phenoxy) is 1. The van der Waals surface area contributed by atoms with Crippen molar-refractivity contribution >= 4 is 0 Å². The molecule has 2 aliphatic carbocycles. The Balaban J connectivity index is 1.42. The molecular weight excluding hydrogens is 198 g/mol. The van der Waals surface area contributed by atoms with E-state index < -0.39 is 0 Å². The summed E-state index contributed by atoms with van der Waals surface area (Å²) in [4.78, 5) is 0. The maximum absolute atomic E-state index is 5.44. The molecule has 0 bridgehead atoms. The van der Waals surface area contributed by atoms with Crippen molar-refractivity contribution < 1.29 is 4.74 Å². The highest BCUT2D eigenvalue weighted by Gasteiger charge is 2.53. The van der Waals surface area contributed by atoms with Crippen molar-refractivity contribution in [2.45, 2.75) is 45.4 Å². The lowest BCUT2D eigenvalue weighted by molar-refractivity contribution is 0.0235. The van der Waals surface area contributed by atoms with Crippen molar-refractivity contribution in [2.24, 2.45) is 16.7 Å². The van der Waals surface area contributed by atoms with Crippen LogP contribution >= 0.6 is 0 Å². The largest absolute Gasteiger partial charge is 0.381 e. The second-order valence-corrected chi connectivity index (χ2v) is 6.66. The van der Waals surface area contributed by atoms with Crippen LogP contribution in [-0.2, 0) is 4.74 Å². The molecule has 3 fully saturated rings. The van der Waals surface area contributed by atoms with E-state index >= 15 is 0 Å². The quantitative estimate of drug-likeness (QED) is 0.773. The van der Waals surface area contributed by atoms with E-state index in [2.05, 4.69) is 12.2 Å². The van der Waals surface area contributed by atoms with Gasteiger partial charge in [0, 0.05) is 26.3 Å². The van der Waals surface area contributed by atoms with Crippen LogP contribution in [0.2, 0.25) is 0 Å². The molecule has 0 aromatic rings. The Hall–Kier alpha value is -0.0800. The number of hydrogen-bond acceptors (Lipinski definition) is 2. The lowest BCUT2D eigenvalue weighted by atomic mass is 9.82. The van der Waals surface area contributed by atoms with E-state index in [1.54, 1.807) is 0 Å². The summed E-state index contributed by atoms with van der Waals surface area (Å²) < 4.78 is 5.44. The molecule has 0 amide bonds. The number of hydrogen-bond donors (Lipinski definition) is 1. The van der Waals surface area contributed by atoms with Crippen molar-refractivity contribution in [3.63, 3.8) is 0 Å². The van der Waals surface area contributed by atoms with Crippen molar-refractivity contribution in [3.8, 4) is 0 Å². The first-order valence-corrected chi connectivity index (χ1v) is 7.01. The highest BCUT2D eigenvalue weighted by Crippen LogP contribution is 2.60. The van der Waals surface area contributed by atoms with E-state index in [0.717, 1.165) is 24.5 Å². The fraction of sp³-hybridized carbons (Fsp3) is 1.00. The lowest BCUT2D eigenvalue weighted by Crippen LogP contribution is -2.39. The van der Waals surface area contributed by atoms with Gasteiger partial charge in [-0.25, -0.2) is 0 Å². The zero-order valence-corrected chi connectivity index (χ0v) is 10.6. The monoisotopic (exact) mass is 223 g/mol. The molecule has 2 nitrogen and oxygen atoms in total. The van der Waals surface area contributed by atoms with E-state index in [9.17, 15) is 0 Å². The van der Waals surface area contributed by atoms with E-state index in [-0.39, 0.29) is 0 Å². The smallest absolute Gasteiger partial charge is 0.0471 e. The van der Waals surface area contributed by atoms with Gasteiger partial charge in [0.2, 0.25) is 0 Å². The van der Waals surface area contributed by atoms with Gasteiger partial charge in [-0.05, 0) is 55.3 Å². The third-order valence-electron chi connectivity index (χ3n) is 5.06. The Morgan fingerprint density at radius 3 is 2.31 bits per heavy atom. The highest BCUT2D eigenvalue weighted by molar-refractivity contribution is 5.05. The fourth-order valence-electron chi connectivity index (χ4n) is 3.24. The molecule has 2 heteroatoms. The summed E-state index contributed by atoms with van der Waals surface area (Å²) in [5.74, 6) is 1.09. The Labute approximate surface area is 99.1 Å². The average molecular weight is 223 g/mol. The van der Waals surface area contributed by atoms with Gasteiger partial charge in [-0.2, -0.15) is 0 Å². The van der Waals surface area contributed by atoms with E-state index in [4.69, 9.17) is 4.74 Å². The van der Waals surface area contributed by atoms with Crippen LogP contribution in [0.15, 0.2) is 0 Å². The van der Waals surface area contributed by atoms with E-state index in [0.29, 0.717) is 5.41 Å². The Bertz CT molecular complexity index is 249. The van der Waals surface area contributed by atoms with E-state index in [1.807, 2.05) is 0 Å². The van der Waals surface area contributed by atoms with Crippen LogP contribution in [0, 0.1) is 16.7 Å². The van der Waals surface area contributed by atoms with Crippen LogP contribution in [0.3, 0.4) is 0 Å². The summed E-state index contributed by atoms with van der Waals surface area (Å²) in [5.41, 5.74) is 1.25. The first-order valence-electron chi connectivity index (χ1n) is 7.01. The third-order valence-corrected chi connectivity index (χ3v) is 5.06. The van der Waals surface area contributed by atoms with Gasteiger partial charge in [-0.15, -0.1) is 0 Å². The molecule has 1 heterocycles. The molecule has 1 saturated heterocycles. The van der Waals surface area contributed by atoms with Gasteiger partial charge >= 0.3 is 0 Å². The average Bonchev–Trinajstić information content (AvgIpc) is 3.13. The standard InChI is InChI=1S/C14H25NO/c1-13(6-8-16-9-7-13)10-15-11-14(4-5-14)12-2-3-12/h12,15H,2-11H2,1H3. The molecule has 0 radical (unpaired) electrons. The van der Waals surface area contributed by atoms with Gasteiger partial charge in [-0.1, -0.05) is 6.92 Å². The predicted octanol–water partition coefficient (Wildman–Crippen LogP) is 2.58. The molecule has 1 aliphatic heterocycles. The van der Waals surface area contributed by atoms with Crippen LogP contribution < -0.4 is 5.32 Å². The first kappa shape index (κ1) is 11.0. The molecule has 0 spiro atoms. The van der Waals surface area contributed by atoms with Gasteiger partial charge < -0.3 is 10.1 Å². The Morgan fingerprint density at radius 2 is 1.75 bits per heavy atom. The van der Waals surface area contributed by atoms with Crippen LogP contribution in [0.25, 0.3) is 0 Å². The minimum absolute atomic E-state index is 0.498. The molecule has 0 aromatic heterocycles. The van der Waals surface area contributed by atoms with Gasteiger partial charge in [0.05, 0.1) is 0 Å². The van der Waals surface area contributed by atoms with Gasteiger partial charge in [0.1, 0.15) is 0 Å². The Morgan fingerprint density at radius 1 is 1.06 bits per heavy atom. The summed E-state index contributed by atoms with van der Waals surface area (Å²) in [7, 11) is 0.